The molecule has 168 valence electrons. The van der Waals surface area contributed by atoms with Gasteiger partial charge in [0.05, 0.1) is 11.8 Å². The van der Waals surface area contributed by atoms with Crippen molar-refractivity contribution in [3.05, 3.63) is 82.9 Å². The third kappa shape index (κ3) is 5.48. The lowest BCUT2D eigenvalue weighted by Gasteiger charge is -2.10. The molecule has 0 spiro atoms. The summed E-state index contributed by atoms with van der Waals surface area (Å²) < 4.78 is 21.6. The number of carbonyl (C=O) groups is 2. The highest BCUT2D eigenvalue weighted by atomic mass is 16.7. The van der Waals surface area contributed by atoms with Crippen LogP contribution in [-0.2, 0) is 4.79 Å². The van der Waals surface area contributed by atoms with Gasteiger partial charge in [-0.25, -0.2) is 10.2 Å². The van der Waals surface area contributed by atoms with Gasteiger partial charge in [0, 0.05) is 0 Å². The number of hydrogen-bond acceptors (Lipinski definition) is 7. The number of esters is 1. The minimum absolute atomic E-state index is 0.128. The predicted molar refractivity (Wildman–Crippen MR) is 121 cm³/mol. The van der Waals surface area contributed by atoms with Gasteiger partial charge in [0.1, 0.15) is 11.5 Å². The Kier molecular flexibility index (Phi) is 6.54. The van der Waals surface area contributed by atoms with E-state index in [1.54, 1.807) is 42.5 Å². The summed E-state index contributed by atoms with van der Waals surface area (Å²) in [5.74, 6) is 1.20. The number of para-hydroxylation sites is 1. The second-order valence-electron chi connectivity index (χ2n) is 7.33. The SMILES string of the molecule is Cc1cccc(C)c1OCC(=O)N/N=C\c1cccc(OC(=O)c2ccc3c(c2)OCO3)c1. The molecule has 1 amide bonds. The molecule has 1 N–H and O–H groups in total. The Labute approximate surface area is 190 Å². The fraction of sp³-hybridized carbons (Fsp3) is 0.160. The molecule has 0 saturated carbocycles. The van der Waals surface area contributed by atoms with Crippen molar-refractivity contribution < 1.29 is 28.5 Å². The molecule has 0 radical (unpaired) electrons. The van der Waals surface area contributed by atoms with Gasteiger partial charge in [0.2, 0.25) is 6.79 Å². The largest absolute Gasteiger partial charge is 0.483 e. The number of amides is 1. The minimum atomic E-state index is -0.528. The average Bonchev–Trinajstić information content (AvgIpc) is 3.27. The van der Waals surface area contributed by atoms with E-state index in [-0.39, 0.29) is 19.3 Å². The van der Waals surface area contributed by atoms with E-state index in [0.29, 0.717) is 34.1 Å². The number of rotatable bonds is 7. The summed E-state index contributed by atoms with van der Waals surface area (Å²) in [5.41, 5.74) is 5.32. The first-order valence-electron chi connectivity index (χ1n) is 10.2. The Morgan fingerprint density at radius 1 is 1.00 bits per heavy atom. The van der Waals surface area contributed by atoms with Crippen molar-refractivity contribution in [2.24, 2.45) is 5.10 Å². The first kappa shape index (κ1) is 21.9. The molecular formula is C25H22N2O6. The molecule has 0 atom stereocenters. The van der Waals surface area contributed by atoms with Crippen LogP contribution < -0.4 is 24.4 Å². The van der Waals surface area contributed by atoms with Crippen LogP contribution in [0.5, 0.6) is 23.0 Å². The molecule has 0 saturated heterocycles. The highest BCUT2D eigenvalue weighted by Crippen LogP contribution is 2.32. The Bertz CT molecular complexity index is 1200. The van der Waals surface area contributed by atoms with Crippen molar-refractivity contribution in [2.45, 2.75) is 13.8 Å². The van der Waals surface area contributed by atoms with E-state index in [1.807, 2.05) is 32.0 Å². The van der Waals surface area contributed by atoms with Crippen LogP contribution in [-0.4, -0.2) is 31.5 Å². The molecule has 1 aliphatic heterocycles. The summed E-state index contributed by atoms with van der Waals surface area (Å²) in [7, 11) is 0. The summed E-state index contributed by atoms with van der Waals surface area (Å²) in [5, 5.41) is 3.94. The average molecular weight is 446 g/mol. The maximum atomic E-state index is 12.4. The summed E-state index contributed by atoms with van der Waals surface area (Å²) in [6.07, 6.45) is 1.45. The van der Waals surface area contributed by atoms with Gasteiger partial charge in [-0.15, -0.1) is 0 Å². The van der Waals surface area contributed by atoms with Crippen molar-refractivity contribution in [1.82, 2.24) is 5.43 Å². The smallest absolute Gasteiger partial charge is 0.343 e. The monoisotopic (exact) mass is 446 g/mol. The number of nitrogens with one attached hydrogen (secondary N) is 1. The van der Waals surface area contributed by atoms with Crippen molar-refractivity contribution in [2.75, 3.05) is 13.4 Å². The standard InChI is InChI=1S/C25H22N2O6/c1-16-5-3-6-17(2)24(16)30-14-23(28)27-26-13-18-7-4-8-20(11-18)33-25(29)19-9-10-21-22(12-19)32-15-31-21/h3-13H,14-15H2,1-2H3,(H,27,28)/b26-13-. The zero-order valence-electron chi connectivity index (χ0n) is 18.2. The van der Waals surface area contributed by atoms with Crippen molar-refractivity contribution in [1.29, 1.82) is 0 Å². The number of nitrogens with zero attached hydrogens (tertiary/aromatic N) is 1. The van der Waals surface area contributed by atoms with Crippen molar-refractivity contribution in [3.8, 4) is 23.0 Å². The number of ether oxygens (including phenoxy) is 4. The Morgan fingerprint density at radius 3 is 2.58 bits per heavy atom. The molecule has 8 heteroatoms. The third-order valence-electron chi connectivity index (χ3n) is 4.84. The predicted octanol–water partition coefficient (Wildman–Crippen LogP) is 3.78. The van der Waals surface area contributed by atoms with Crippen LogP contribution in [0, 0.1) is 13.8 Å². The number of hydrazone groups is 1. The topological polar surface area (TPSA) is 95.5 Å². The molecule has 8 nitrogen and oxygen atoms in total. The van der Waals surface area contributed by atoms with Gasteiger partial charge in [-0.3, -0.25) is 4.79 Å². The molecule has 3 aromatic carbocycles. The number of carbonyl (C=O) groups excluding carboxylic acids is 2. The molecule has 0 aromatic heterocycles. The molecule has 4 rings (SSSR count). The maximum absolute atomic E-state index is 12.4. The Hall–Kier alpha value is -4.33. The van der Waals surface area contributed by atoms with Crippen LogP contribution in [0.2, 0.25) is 0 Å². The zero-order chi connectivity index (χ0) is 23.2. The zero-order valence-corrected chi connectivity index (χ0v) is 18.2. The molecular weight excluding hydrogens is 424 g/mol. The van der Waals surface area contributed by atoms with E-state index in [4.69, 9.17) is 18.9 Å². The molecule has 33 heavy (non-hydrogen) atoms. The second-order valence-corrected chi connectivity index (χ2v) is 7.33. The highest BCUT2D eigenvalue weighted by Gasteiger charge is 2.17. The van der Waals surface area contributed by atoms with Gasteiger partial charge in [-0.1, -0.05) is 30.3 Å². The fourth-order valence-electron chi connectivity index (χ4n) is 3.22. The van der Waals surface area contributed by atoms with Gasteiger partial charge in [0.25, 0.3) is 5.91 Å². The Balaban J connectivity index is 1.31. The van der Waals surface area contributed by atoms with E-state index in [9.17, 15) is 9.59 Å². The van der Waals surface area contributed by atoms with E-state index in [2.05, 4.69) is 10.5 Å². The van der Waals surface area contributed by atoms with Gasteiger partial charge < -0.3 is 18.9 Å². The van der Waals surface area contributed by atoms with E-state index in [0.717, 1.165) is 11.1 Å². The number of aryl methyl sites for hydroxylation is 2. The Morgan fingerprint density at radius 2 is 1.76 bits per heavy atom. The first-order valence-corrected chi connectivity index (χ1v) is 10.2. The van der Waals surface area contributed by atoms with Gasteiger partial charge in [-0.05, 0) is 60.9 Å². The molecule has 1 heterocycles. The second kappa shape index (κ2) is 9.86. The molecule has 0 aliphatic carbocycles. The van der Waals surface area contributed by atoms with Gasteiger partial charge >= 0.3 is 5.97 Å². The first-order chi connectivity index (χ1) is 16.0. The van der Waals surface area contributed by atoms with Crippen LogP contribution in [0.25, 0.3) is 0 Å². The number of fused-ring (bicyclic) bond motifs is 1. The highest BCUT2D eigenvalue weighted by molar-refractivity contribution is 5.92. The lowest BCUT2D eigenvalue weighted by molar-refractivity contribution is -0.123. The van der Waals surface area contributed by atoms with Crippen LogP contribution in [0.4, 0.5) is 0 Å². The molecule has 0 bridgehead atoms. The summed E-state index contributed by atoms with van der Waals surface area (Å²) >= 11 is 0. The third-order valence-corrected chi connectivity index (χ3v) is 4.84. The summed E-state index contributed by atoms with van der Waals surface area (Å²) in [6, 6.07) is 17.4. The summed E-state index contributed by atoms with van der Waals surface area (Å²) in [4.78, 5) is 24.5. The minimum Gasteiger partial charge on any atom is -0.483 e. The molecule has 1 aliphatic rings. The normalized spacial score (nSPS) is 11.9. The van der Waals surface area contributed by atoms with Gasteiger partial charge in [-0.2, -0.15) is 5.10 Å². The van der Waals surface area contributed by atoms with Crippen LogP contribution in [0.3, 0.4) is 0 Å². The maximum Gasteiger partial charge on any atom is 0.343 e. The van der Waals surface area contributed by atoms with Crippen LogP contribution >= 0.6 is 0 Å². The van der Waals surface area contributed by atoms with Crippen LogP contribution in [0.15, 0.2) is 65.8 Å². The molecule has 0 fully saturated rings. The lowest BCUT2D eigenvalue weighted by atomic mass is 10.1. The van der Waals surface area contributed by atoms with Gasteiger partial charge in [0.15, 0.2) is 18.1 Å². The quantitative estimate of drug-likeness (QED) is 0.257. The molecule has 3 aromatic rings. The van der Waals surface area contributed by atoms with Crippen molar-refractivity contribution >= 4 is 18.1 Å². The van der Waals surface area contributed by atoms with Crippen LogP contribution in [0.1, 0.15) is 27.0 Å². The van der Waals surface area contributed by atoms with E-state index in [1.165, 1.54) is 6.21 Å². The number of benzene rings is 3. The lowest BCUT2D eigenvalue weighted by Crippen LogP contribution is -2.25. The fourth-order valence-corrected chi connectivity index (χ4v) is 3.22. The van der Waals surface area contributed by atoms with E-state index >= 15 is 0 Å². The summed E-state index contributed by atoms with van der Waals surface area (Å²) in [6.45, 7) is 3.81. The molecule has 0 unspecified atom stereocenters. The van der Waals surface area contributed by atoms with Crippen molar-refractivity contribution in [3.63, 3.8) is 0 Å². The van der Waals surface area contributed by atoms with E-state index < -0.39 is 5.97 Å². The number of hydrogen-bond donors (Lipinski definition) is 1.